The Bertz CT molecular complexity index is 616. The zero-order valence-electron chi connectivity index (χ0n) is 16.0. The summed E-state index contributed by atoms with van der Waals surface area (Å²) in [7, 11) is 4.58. The van der Waals surface area contributed by atoms with Gasteiger partial charge in [0.1, 0.15) is 0 Å². The Balaban J connectivity index is 2.18. The summed E-state index contributed by atoms with van der Waals surface area (Å²) in [4.78, 5) is 28.0. The first-order chi connectivity index (χ1) is 12.5. The Labute approximate surface area is 154 Å². The summed E-state index contributed by atoms with van der Waals surface area (Å²) >= 11 is 0. The minimum absolute atomic E-state index is 0.0865. The van der Waals surface area contributed by atoms with Crippen molar-refractivity contribution in [3.8, 4) is 17.2 Å². The number of methoxy groups -OCH3 is 3. The van der Waals surface area contributed by atoms with E-state index in [2.05, 4.69) is 0 Å². The molecule has 1 heterocycles. The first-order valence-electron chi connectivity index (χ1n) is 8.87. The van der Waals surface area contributed by atoms with Gasteiger partial charge in [-0.25, -0.2) is 0 Å². The number of amides is 2. The van der Waals surface area contributed by atoms with Crippen LogP contribution in [0.25, 0.3) is 0 Å². The minimum Gasteiger partial charge on any atom is -0.493 e. The molecule has 26 heavy (non-hydrogen) atoms. The monoisotopic (exact) mass is 364 g/mol. The third-order valence-corrected chi connectivity index (χ3v) is 4.60. The molecule has 1 saturated heterocycles. The molecule has 1 aromatic carbocycles. The predicted molar refractivity (Wildman–Crippen MR) is 99.2 cm³/mol. The molecule has 0 N–H and O–H groups in total. The second-order valence-corrected chi connectivity index (χ2v) is 6.25. The summed E-state index contributed by atoms with van der Waals surface area (Å²) in [6.45, 7) is 3.41. The maximum Gasteiger partial charge on any atom is 0.224 e. The van der Waals surface area contributed by atoms with E-state index in [1.165, 1.54) is 34.7 Å². The van der Waals surface area contributed by atoms with Gasteiger partial charge >= 0.3 is 0 Å². The van der Waals surface area contributed by atoms with Crippen molar-refractivity contribution < 1.29 is 23.8 Å². The maximum atomic E-state index is 12.4. The van der Waals surface area contributed by atoms with Crippen LogP contribution in [-0.4, -0.2) is 57.7 Å². The van der Waals surface area contributed by atoms with Gasteiger partial charge in [0.2, 0.25) is 17.6 Å². The Morgan fingerprint density at radius 3 is 2.04 bits per heavy atom. The molecule has 7 heteroatoms. The second-order valence-electron chi connectivity index (χ2n) is 6.25. The molecule has 1 aromatic rings. The molecule has 0 radical (unpaired) electrons. The number of nitrogens with zero attached hydrogens (tertiary/aromatic N) is 2. The van der Waals surface area contributed by atoms with E-state index in [0.29, 0.717) is 29.5 Å². The fraction of sp³-hybridized carbons (Fsp3) is 0.579. The highest BCUT2D eigenvalue weighted by molar-refractivity contribution is 5.93. The van der Waals surface area contributed by atoms with E-state index in [-0.39, 0.29) is 18.2 Å². The molecule has 0 spiro atoms. The summed E-state index contributed by atoms with van der Waals surface area (Å²) in [5, 5.41) is 0. The van der Waals surface area contributed by atoms with Crippen molar-refractivity contribution >= 4 is 17.5 Å². The molecular weight excluding hydrogens is 336 g/mol. The summed E-state index contributed by atoms with van der Waals surface area (Å²) in [5.74, 6) is 1.34. The molecule has 0 aliphatic carbocycles. The fourth-order valence-corrected chi connectivity index (χ4v) is 3.20. The lowest BCUT2D eigenvalue weighted by molar-refractivity contribution is -0.131. The third-order valence-electron chi connectivity index (χ3n) is 4.60. The standard InChI is InChI=1S/C19H28N2O5/c1-14(22)21(11-8-18(23)20-9-6-5-7-10-20)15-12-16(24-2)19(26-4)17(13-15)25-3/h12-13H,5-11H2,1-4H3. The quantitative estimate of drug-likeness (QED) is 0.743. The number of likely N-dealkylation sites (tertiary alicyclic amines) is 1. The van der Waals surface area contributed by atoms with Gasteiger partial charge in [0.25, 0.3) is 0 Å². The summed E-state index contributed by atoms with van der Waals surface area (Å²) in [6, 6.07) is 3.43. The van der Waals surface area contributed by atoms with E-state index in [9.17, 15) is 9.59 Å². The molecule has 7 nitrogen and oxygen atoms in total. The average molecular weight is 364 g/mol. The predicted octanol–water partition coefficient (Wildman–Crippen LogP) is 2.47. The number of hydrogen-bond acceptors (Lipinski definition) is 5. The van der Waals surface area contributed by atoms with Crippen LogP contribution in [-0.2, 0) is 9.59 Å². The molecule has 0 aromatic heterocycles. The highest BCUT2D eigenvalue weighted by Crippen LogP contribution is 2.41. The molecule has 0 saturated carbocycles. The van der Waals surface area contributed by atoms with Gasteiger partial charge in [0, 0.05) is 45.1 Å². The number of rotatable bonds is 7. The molecule has 1 aliphatic rings. The number of benzene rings is 1. The van der Waals surface area contributed by atoms with Crippen molar-refractivity contribution in [1.82, 2.24) is 4.90 Å². The summed E-state index contributed by atoms with van der Waals surface area (Å²) in [6.07, 6.45) is 3.56. The van der Waals surface area contributed by atoms with Crippen molar-refractivity contribution in [2.24, 2.45) is 0 Å². The van der Waals surface area contributed by atoms with Gasteiger partial charge in [-0.05, 0) is 19.3 Å². The smallest absolute Gasteiger partial charge is 0.224 e. The highest BCUT2D eigenvalue weighted by Gasteiger charge is 2.22. The Kier molecular flexibility index (Phi) is 7.12. The zero-order valence-corrected chi connectivity index (χ0v) is 16.0. The van der Waals surface area contributed by atoms with Crippen molar-refractivity contribution in [2.45, 2.75) is 32.6 Å². The van der Waals surface area contributed by atoms with Gasteiger partial charge in [-0.2, -0.15) is 0 Å². The van der Waals surface area contributed by atoms with E-state index in [1.807, 2.05) is 4.90 Å². The zero-order chi connectivity index (χ0) is 19.1. The normalized spacial score (nSPS) is 13.9. The average Bonchev–Trinajstić information content (AvgIpc) is 2.67. The van der Waals surface area contributed by atoms with Gasteiger partial charge in [0.15, 0.2) is 11.5 Å². The van der Waals surface area contributed by atoms with Crippen molar-refractivity contribution in [2.75, 3.05) is 45.9 Å². The number of carbonyl (C=O) groups is 2. The molecule has 144 valence electrons. The molecule has 2 amide bonds. The second kappa shape index (κ2) is 9.31. The topological polar surface area (TPSA) is 68.3 Å². The molecule has 0 atom stereocenters. The van der Waals surface area contributed by atoms with Crippen molar-refractivity contribution in [3.63, 3.8) is 0 Å². The number of anilines is 1. The highest BCUT2D eigenvalue weighted by atomic mass is 16.5. The lowest BCUT2D eigenvalue weighted by atomic mass is 10.1. The Morgan fingerprint density at radius 2 is 1.58 bits per heavy atom. The number of hydrogen-bond donors (Lipinski definition) is 0. The fourth-order valence-electron chi connectivity index (χ4n) is 3.20. The SMILES string of the molecule is COc1cc(N(CCC(=O)N2CCCCC2)C(C)=O)cc(OC)c1OC. The van der Waals surface area contributed by atoms with Crippen LogP contribution in [0.3, 0.4) is 0 Å². The van der Waals surface area contributed by atoms with Crippen LogP contribution in [0.15, 0.2) is 12.1 Å². The molecule has 1 aliphatic heterocycles. The van der Waals surface area contributed by atoms with Crippen LogP contribution >= 0.6 is 0 Å². The number of piperidine rings is 1. The van der Waals surface area contributed by atoms with Crippen molar-refractivity contribution in [3.05, 3.63) is 12.1 Å². The van der Waals surface area contributed by atoms with Gasteiger partial charge in [-0.15, -0.1) is 0 Å². The summed E-state index contributed by atoms with van der Waals surface area (Å²) < 4.78 is 16.0. The number of carbonyl (C=O) groups excluding carboxylic acids is 2. The number of ether oxygens (including phenoxy) is 3. The molecule has 0 bridgehead atoms. The van der Waals surface area contributed by atoms with Gasteiger partial charge in [0.05, 0.1) is 27.0 Å². The van der Waals surface area contributed by atoms with Crippen LogP contribution in [0.1, 0.15) is 32.6 Å². The van der Waals surface area contributed by atoms with E-state index >= 15 is 0 Å². The van der Waals surface area contributed by atoms with Crippen LogP contribution in [0, 0.1) is 0 Å². The Hall–Kier alpha value is -2.44. The van der Waals surface area contributed by atoms with E-state index in [0.717, 1.165) is 25.9 Å². The van der Waals surface area contributed by atoms with E-state index < -0.39 is 0 Å². The first kappa shape index (κ1) is 19.9. The lowest BCUT2D eigenvalue weighted by Crippen LogP contribution is -2.39. The van der Waals surface area contributed by atoms with Gasteiger partial charge in [-0.1, -0.05) is 0 Å². The van der Waals surface area contributed by atoms with Crippen LogP contribution in [0.2, 0.25) is 0 Å². The van der Waals surface area contributed by atoms with E-state index in [1.54, 1.807) is 17.0 Å². The molecule has 0 unspecified atom stereocenters. The van der Waals surface area contributed by atoms with Crippen LogP contribution in [0.4, 0.5) is 5.69 Å². The Morgan fingerprint density at radius 1 is 1.00 bits per heavy atom. The first-order valence-corrected chi connectivity index (χ1v) is 8.87. The molecule has 2 rings (SSSR count). The van der Waals surface area contributed by atoms with Crippen LogP contribution in [0.5, 0.6) is 17.2 Å². The minimum atomic E-state index is -0.147. The molecule has 1 fully saturated rings. The lowest BCUT2D eigenvalue weighted by Gasteiger charge is -2.28. The largest absolute Gasteiger partial charge is 0.493 e. The van der Waals surface area contributed by atoms with Gasteiger partial charge < -0.3 is 24.0 Å². The molecular formula is C19H28N2O5. The maximum absolute atomic E-state index is 12.4. The van der Waals surface area contributed by atoms with Crippen LogP contribution < -0.4 is 19.1 Å². The third kappa shape index (κ3) is 4.59. The van der Waals surface area contributed by atoms with Crippen molar-refractivity contribution in [1.29, 1.82) is 0 Å². The van der Waals surface area contributed by atoms with Gasteiger partial charge in [-0.3, -0.25) is 9.59 Å². The van der Waals surface area contributed by atoms with E-state index in [4.69, 9.17) is 14.2 Å². The summed E-state index contributed by atoms with van der Waals surface area (Å²) in [5.41, 5.74) is 0.610.